The summed E-state index contributed by atoms with van der Waals surface area (Å²) in [6.07, 6.45) is 42.3. The lowest BCUT2D eigenvalue weighted by Gasteiger charge is -2.20. The van der Waals surface area contributed by atoms with E-state index in [1.165, 1.54) is 64.2 Å². The molecule has 16 heteroatoms. The highest BCUT2D eigenvalue weighted by Crippen LogP contribution is 2.43. The molecule has 0 radical (unpaired) electrons. The van der Waals surface area contributed by atoms with Crippen molar-refractivity contribution in [3.63, 3.8) is 0 Å². The van der Waals surface area contributed by atoms with Crippen LogP contribution in [0.25, 0.3) is 0 Å². The summed E-state index contributed by atoms with van der Waals surface area (Å²) in [6.45, 7) is 3.71. The van der Waals surface area contributed by atoms with Gasteiger partial charge in [-0.3, -0.25) is 23.2 Å². The molecule has 14 nitrogen and oxygen atoms in total. The Morgan fingerprint density at radius 2 is 1.00 bits per heavy atom. The molecule has 0 heterocycles. The highest BCUT2D eigenvalue weighted by atomic mass is 31.2. The van der Waals surface area contributed by atoms with E-state index >= 15 is 0 Å². The summed E-state index contributed by atoms with van der Waals surface area (Å²) in [7, 11) is -9.76. The van der Waals surface area contributed by atoms with E-state index < -0.39 is 72.3 Å². The lowest BCUT2D eigenvalue weighted by atomic mass is 10.0. The number of unbranched alkanes of at least 4 members (excludes halogenated alkanes) is 13. The summed E-state index contributed by atoms with van der Waals surface area (Å²) in [6, 6.07) is 0. The van der Waals surface area contributed by atoms with Crippen molar-refractivity contribution in [3.05, 3.63) is 72.9 Å². The standard InChI is InChI=1S/C48H84O14P2/c1-4-5-6-7-8-9-10-11-12-13-17-20-23-26-29-32-35-44(49)37-38-47(51)58-41-46(42-61-64(56,57)60-40-45(50)39-59-63(53,54)55)62-48(52)36-33-30-27-24-21-18-15-14-16-19-22-25-28-31-34-43(2)3/h5-6,8-9,11-12,17,20,26,29,32,35,43-46,49-50H,4,7,10,13-16,18-19,21-25,27-28,30-31,33-34,36-42H2,1-3H3,(H,56,57)(H2,53,54,55)/b6-5-,9-8-,12-11-,20-17-,29-26-,35-32-/t44?,45-,46+/m0/s1. The van der Waals surface area contributed by atoms with Crippen molar-refractivity contribution in [1.82, 2.24) is 0 Å². The van der Waals surface area contributed by atoms with E-state index in [0.717, 1.165) is 63.7 Å². The van der Waals surface area contributed by atoms with Gasteiger partial charge in [0.05, 0.1) is 25.9 Å². The number of aliphatic hydroxyl groups is 2. The molecule has 0 aliphatic heterocycles. The van der Waals surface area contributed by atoms with Gasteiger partial charge < -0.3 is 34.4 Å². The van der Waals surface area contributed by atoms with Gasteiger partial charge in [-0.25, -0.2) is 9.13 Å². The number of phosphoric ester groups is 2. The van der Waals surface area contributed by atoms with Crippen LogP contribution in [0.5, 0.6) is 0 Å². The maximum atomic E-state index is 12.7. The van der Waals surface area contributed by atoms with E-state index in [-0.39, 0.29) is 19.3 Å². The zero-order chi connectivity index (χ0) is 47.6. The Kier molecular flexibility index (Phi) is 40.3. The van der Waals surface area contributed by atoms with Crippen LogP contribution in [0.15, 0.2) is 72.9 Å². The van der Waals surface area contributed by atoms with Crippen LogP contribution in [0.2, 0.25) is 0 Å². The maximum Gasteiger partial charge on any atom is 0.472 e. The first-order valence-corrected chi connectivity index (χ1v) is 26.6. The lowest BCUT2D eigenvalue weighted by molar-refractivity contribution is -0.161. The molecule has 5 N–H and O–H groups in total. The van der Waals surface area contributed by atoms with Crippen LogP contribution in [0.3, 0.4) is 0 Å². The van der Waals surface area contributed by atoms with Crippen LogP contribution < -0.4 is 0 Å². The third-order valence-corrected chi connectivity index (χ3v) is 11.1. The molecule has 0 fully saturated rings. The Labute approximate surface area is 385 Å². The molecule has 0 rings (SSSR count). The van der Waals surface area contributed by atoms with Crippen molar-refractivity contribution in [2.24, 2.45) is 5.92 Å². The second-order valence-electron chi connectivity index (χ2n) is 16.3. The molecule has 2 unspecified atom stereocenters. The van der Waals surface area contributed by atoms with Crippen molar-refractivity contribution >= 4 is 27.6 Å². The molecule has 0 aromatic rings. The third-order valence-electron chi connectivity index (χ3n) is 9.65. The summed E-state index contributed by atoms with van der Waals surface area (Å²) in [5.74, 6) is -0.516. The van der Waals surface area contributed by atoms with Gasteiger partial charge in [-0.1, -0.05) is 184 Å². The molecular formula is C48H84O14P2. The van der Waals surface area contributed by atoms with Crippen LogP contribution in [-0.2, 0) is 41.8 Å². The van der Waals surface area contributed by atoms with Gasteiger partial charge in [0.2, 0.25) is 0 Å². The molecule has 0 aliphatic rings. The van der Waals surface area contributed by atoms with Crippen LogP contribution >= 0.6 is 15.6 Å². The average molecular weight is 947 g/mol. The monoisotopic (exact) mass is 947 g/mol. The van der Waals surface area contributed by atoms with Gasteiger partial charge in [0.25, 0.3) is 0 Å². The number of allylic oxidation sites excluding steroid dienone is 11. The molecule has 0 aromatic carbocycles. The zero-order valence-electron chi connectivity index (χ0n) is 39.1. The quantitative estimate of drug-likeness (QED) is 0.0126. The summed E-state index contributed by atoms with van der Waals surface area (Å²) in [5.41, 5.74) is 0. The molecule has 0 saturated carbocycles. The van der Waals surface area contributed by atoms with Gasteiger partial charge in [-0.2, -0.15) is 0 Å². The Bertz CT molecular complexity index is 1430. The minimum absolute atomic E-state index is 0.0630. The smallest absolute Gasteiger partial charge is 0.462 e. The highest BCUT2D eigenvalue weighted by molar-refractivity contribution is 7.47. The number of hydrogen-bond acceptors (Lipinski definition) is 11. The Hall–Kier alpha value is -2.48. The lowest BCUT2D eigenvalue weighted by Crippen LogP contribution is -2.30. The number of hydrogen-bond donors (Lipinski definition) is 5. The van der Waals surface area contributed by atoms with Crippen LogP contribution in [-0.4, -0.2) is 81.6 Å². The number of carbonyl (C=O) groups excluding carboxylic acids is 2. The van der Waals surface area contributed by atoms with E-state index in [2.05, 4.69) is 78.4 Å². The number of aliphatic hydroxyl groups excluding tert-OH is 2. The van der Waals surface area contributed by atoms with Crippen LogP contribution in [0, 0.1) is 5.92 Å². The maximum absolute atomic E-state index is 12.7. The third kappa shape index (κ3) is 46.1. The molecule has 0 aliphatic carbocycles. The molecule has 0 bridgehead atoms. The largest absolute Gasteiger partial charge is 0.472 e. The topological polar surface area (TPSA) is 216 Å². The molecule has 0 amide bonds. The van der Waals surface area contributed by atoms with E-state index in [4.69, 9.17) is 23.8 Å². The van der Waals surface area contributed by atoms with Crippen molar-refractivity contribution < 1.29 is 66.7 Å². The minimum atomic E-state index is -4.89. The minimum Gasteiger partial charge on any atom is -0.462 e. The fraction of sp³-hybridized carbons (Fsp3) is 0.708. The molecule has 370 valence electrons. The van der Waals surface area contributed by atoms with E-state index in [1.807, 2.05) is 6.08 Å². The van der Waals surface area contributed by atoms with E-state index in [1.54, 1.807) is 18.2 Å². The first-order valence-electron chi connectivity index (χ1n) is 23.6. The van der Waals surface area contributed by atoms with Crippen molar-refractivity contribution in [3.8, 4) is 0 Å². The van der Waals surface area contributed by atoms with Crippen LogP contribution in [0.1, 0.15) is 168 Å². The van der Waals surface area contributed by atoms with Gasteiger partial charge in [0.1, 0.15) is 12.7 Å². The number of phosphoric acid groups is 2. The molecular weight excluding hydrogens is 862 g/mol. The van der Waals surface area contributed by atoms with Gasteiger partial charge in [-0.05, 0) is 50.9 Å². The second kappa shape index (κ2) is 41.9. The molecule has 64 heavy (non-hydrogen) atoms. The Morgan fingerprint density at radius 1 is 0.531 bits per heavy atom. The number of carbonyl (C=O) groups is 2. The Balaban J connectivity index is 4.68. The summed E-state index contributed by atoms with van der Waals surface area (Å²) < 4.78 is 47.7. The second-order valence-corrected chi connectivity index (χ2v) is 19.0. The predicted molar refractivity (Wildman–Crippen MR) is 254 cm³/mol. The summed E-state index contributed by atoms with van der Waals surface area (Å²) in [5, 5.41) is 20.1. The van der Waals surface area contributed by atoms with Gasteiger partial charge in [-0.15, -0.1) is 0 Å². The molecule has 0 spiro atoms. The fourth-order valence-electron chi connectivity index (χ4n) is 6.05. The van der Waals surface area contributed by atoms with Crippen LogP contribution in [0.4, 0.5) is 0 Å². The number of ether oxygens (including phenoxy) is 2. The number of rotatable bonds is 43. The van der Waals surface area contributed by atoms with Gasteiger partial charge in [0, 0.05) is 12.8 Å². The average Bonchev–Trinajstić information content (AvgIpc) is 3.24. The molecule has 0 saturated heterocycles. The predicted octanol–water partition coefficient (Wildman–Crippen LogP) is 11.4. The van der Waals surface area contributed by atoms with Gasteiger partial charge in [0.15, 0.2) is 6.10 Å². The van der Waals surface area contributed by atoms with E-state index in [0.29, 0.717) is 6.42 Å². The molecule has 0 aromatic heterocycles. The first kappa shape index (κ1) is 61.5. The normalized spacial score (nSPS) is 15.1. The first-order chi connectivity index (χ1) is 30.6. The van der Waals surface area contributed by atoms with Gasteiger partial charge >= 0.3 is 27.6 Å². The highest BCUT2D eigenvalue weighted by Gasteiger charge is 2.28. The van der Waals surface area contributed by atoms with Crippen molar-refractivity contribution in [1.29, 1.82) is 0 Å². The van der Waals surface area contributed by atoms with E-state index in [9.17, 15) is 33.8 Å². The SMILES string of the molecule is CC/C=C\C/C=C\C/C=C\C/C=C\C/C=C\C=C/C(O)CCC(=O)OC[C@H](COP(=O)(O)OC[C@@H](O)COP(=O)(O)O)OC(=O)CCCCCCCCCCCCCCCCC(C)C. The zero-order valence-corrected chi connectivity index (χ0v) is 40.9. The number of esters is 2. The van der Waals surface area contributed by atoms with Crippen molar-refractivity contribution in [2.45, 2.75) is 187 Å². The summed E-state index contributed by atoms with van der Waals surface area (Å²) in [4.78, 5) is 52.8. The van der Waals surface area contributed by atoms with Crippen molar-refractivity contribution in [2.75, 3.05) is 26.4 Å². The molecule has 4 atom stereocenters. The fourth-order valence-corrected chi connectivity index (χ4v) is 7.21. The Morgan fingerprint density at radius 3 is 1.52 bits per heavy atom. The summed E-state index contributed by atoms with van der Waals surface area (Å²) >= 11 is 0.